The molecule has 3 rings (SSSR count). The van der Waals surface area contributed by atoms with Crippen molar-refractivity contribution in [2.45, 2.75) is 6.92 Å². The second-order valence-corrected chi connectivity index (χ2v) is 7.25. The summed E-state index contributed by atoms with van der Waals surface area (Å²) in [4.78, 5) is 24.4. The lowest BCUT2D eigenvalue weighted by molar-refractivity contribution is 0.0975. The number of carbonyl (C=O) groups excluding carboxylic acids is 2. The zero-order valence-corrected chi connectivity index (χ0v) is 17.4. The minimum Gasteiger partial charge on any atom is -0.459 e. The third-order valence-corrected chi connectivity index (χ3v) is 4.63. The van der Waals surface area contributed by atoms with Gasteiger partial charge in [-0.25, -0.2) is 0 Å². The number of hydrogen-bond acceptors (Lipinski definition) is 4. The molecule has 3 aromatic rings. The first-order chi connectivity index (χ1) is 13.8. The molecule has 0 aliphatic rings. The van der Waals surface area contributed by atoms with Crippen molar-refractivity contribution in [3.05, 3.63) is 81.7 Å². The molecule has 0 unspecified atom stereocenters. The molecule has 0 spiro atoms. The maximum absolute atomic E-state index is 12.3. The number of benzene rings is 2. The highest BCUT2D eigenvalue weighted by Crippen LogP contribution is 2.22. The fourth-order valence-electron chi connectivity index (χ4n) is 2.48. The van der Waals surface area contributed by atoms with Crippen LogP contribution in [0.2, 0.25) is 10.0 Å². The van der Waals surface area contributed by atoms with Gasteiger partial charge in [-0.1, -0.05) is 23.2 Å². The molecule has 3 N–H and O–H groups in total. The van der Waals surface area contributed by atoms with Crippen LogP contribution in [0.15, 0.2) is 59.2 Å². The third kappa shape index (κ3) is 5.35. The van der Waals surface area contributed by atoms with Crippen LogP contribution >= 0.6 is 35.4 Å². The summed E-state index contributed by atoms with van der Waals surface area (Å²) in [7, 11) is 0. The van der Waals surface area contributed by atoms with Gasteiger partial charge in [-0.2, -0.15) is 0 Å². The van der Waals surface area contributed by atoms with Crippen molar-refractivity contribution in [2.24, 2.45) is 0 Å². The van der Waals surface area contributed by atoms with E-state index in [1.54, 1.807) is 36.4 Å². The Bertz CT molecular complexity index is 1080. The number of amides is 2. The molecule has 0 saturated heterocycles. The Labute approximate surface area is 182 Å². The quantitative estimate of drug-likeness (QED) is 0.474. The van der Waals surface area contributed by atoms with Gasteiger partial charge in [0.25, 0.3) is 11.8 Å². The van der Waals surface area contributed by atoms with Gasteiger partial charge in [0, 0.05) is 16.4 Å². The molecule has 0 fully saturated rings. The Morgan fingerprint density at radius 1 is 1.00 bits per heavy atom. The van der Waals surface area contributed by atoms with Crippen molar-refractivity contribution in [1.29, 1.82) is 0 Å². The van der Waals surface area contributed by atoms with Gasteiger partial charge in [-0.05, 0) is 73.2 Å². The Kier molecular flexibility index (Phi) is 6.53. The Morgan fingerprint density at radius 3 is 2.45 bits per heavy atom. The number of hydrogen-bond donors (Lipinski definition) is 3. The van der Waals surface area contributed by atoms with Gasteiger partial charge in [0.1, 0.15) is 0 Å². The van der Waals surface area contributed by atoms with E-state index in [1.807, 2.05) is 6.92 Å². The van der Waals surface area contributed by atoms with Crippen molar-refractivity contribution >= 4 is 63.7 Å². The van der Waals surface area contributed by atoms with Crippen LogP contribution in [0.4, 0.5) is 11.4 Å². The van der Waals surface area contributed by atoms with Crippen LogP contribution in [-0.2, 0) is 0 Å². The first-order valence-corrected chi connectivity index (χ1v) is 9.53. The summed E-state index contributed by atoms with van der Waals surface area (Å²) in [6.07, 6.45) is 1.43. The zero-order valence-electron chi connectivity index (χ0n) is 15.1. The van der Waals surface area contributed by atoms with Crippen LogP contribution in [0.1, 0.15) is 26.5 Å². The zero-order chi connectivity index (χ0) is 21.0. The highest BCUT2D eigenvalue weighted by atomic mass is 35.5. The van der Waals surface area contributed by atoms with Crippen LogP contribution in [-0.4, -0.2) is 16.9 Å². The van der Waals surface area contributed by atoms with Crippen LogP contribution < -0.4 is 16.0 Å². The lowest BCUT2D eigenvalue weighted by Gasteiger charge is -2.13. The van der Waals surface area contributed by atoms with E-state index in [0.29, 0.717) is 16.4 Å². The molecule has 2 aromatic carbocycles. The van der Waals surface area contributed by atoms with Gasteiger partial charge in [0.05, 0.1) is 16.8 Å². The number of anilines is 2. The lowest BCUT2D eigenvalue weighted by Crippen LogP contribution is -2.34. The molecule has 0 radical (unpaired) electrons. The predicted octanol–water partition coefficient (Wildman–Crippen LogP) is 5.27. The third-order valence-electron chi connectivity index (χ3n) is 3.88. The van der Waals surface area contributed by atoms with Crippen molar-refractivity contribution in [2.75, 3.05) is 10.6 Å². The van der Waals surface area contributed by atoms with E-state index >= 15 is 0 Å². The monoisotopic (exact) mass is 447 g/mol. The topological polar surface area (TPSA) is 83.4 Å². The summed E-state index contributed by atoms with van der Waals surface area (Å²) in [5.74, 6) is -0.582. The van der Waals surface area contributed by atoms with E-state index in [-0.39, 0.29) is 27.4 Å². The summed E-state index contributed by atoms with van der Waals surface area (Å²) in [5, 5.41) is 9.02. The van der Waals surface area contributed by atoms with Crippen molar-refractivity contribution in [1.82, 2.24) is 5.32 Å². The molecule has 148 valence electrons. The van der Waals surface area contributed by atoms with E-state index in [1.165, 1.54) is 18.4 Å². The number of thiocarbonyl (C=S) groups is 1. The first kappa shape index (κ1) is 20.9. The standard InChI is InChI=1S/C20H15Cl2N3O3S/c1-11-9-13(5-7-16(11)24-19(27)17-3-2-8-28-17)23-20(29)25-18(26)14-6-4-12(21)10-15(14)22/h2-10H,1H3,(H,24,27)(H2,23,25,26,29). The number of aryl methyl sites for hydroxylation is 1. The molecule has 6 nitrogen and oxygen atoms in total. The molecule has 0 bridgehead atoms. The number of carbonyl (C=O) groups is 2. The largest absolute Gasteiger partial charge is 0.459 e. The molecule has 1 heterocycles. The first-order valence-electron chi connectivity index (χ1n) is 8.36. The van der Waals surface area contributed by atoms with Crippen molar-refractivity contribution in [3.63, 3.8) is 0 Å². The minimum absolute atomic E-state index is 0.104. The highest BCUT2D eigenvalue weighted by Gasteiger charge is 2.13. The van der Waals surface area contributed by atoms with Gasteiger partial charge in [0.15, 0.2) is 10.9 Å². The molecule has 0 saturated carbocycles. The van der Waals surface area contributed by atoms with E-state index in [2.05, 4.69) is 16.0 Å². The maximum atomic E-state index is 12.3. The minimum atomic E-state index is -0.455. The van der Waals surface area contributed by atoms with Crippen LogP contribution in [0.3, 0.4) is 0 Å². The van der Waals surface area contributed by atoms with E-state index in [4.69, 9.17) is 39.8 Å². The van der Waals surface area contributed by atoms with Crippen LogP contribution in [0.5, 0.6) is 0 Å². The van der Waals surface area contributed by atoms with E-state index < -0.39 is 5.91 Å². The molecule has 9 heteroatoms. The average Bonchev–Trinajstić information content (AvgIpc) is 3.18. The maximum Gasteiger partial charge on any atom is 0.291 e. The number of furan rings is 1. The van der Waals surface area contributed by atoms with E-state index in [0.717, 1.165) is 5.56 Å². The molecule has 0 aliphatic carbocycles. The molecule has 1 aromatic heterocycles. The Balaban J connectivity index is 1.62. The normalized spacial score (nSPS) is 10.3. The highest BCUT2D eigenvalue weighted by molar-refractivity contribution is 7.80. The molecular formula is C20H15Cl2N3O3S. The smallest absolute Gasteiger partial charge is 0.291 e. The van der Waals surface area contributed by atoms with Crippen molar-refractivity contribution < 1.29 is 14.0 Å². The van der Waals surface area contributed by atoms with Gasteiger partial charge >= 0.3 is 0 Å². The Morgan fingerprint density at radius 2 is 1.79 bits per heavy atom. The summed E-state index contributed by atoms with van der Waals surface area (Å²) in [5.41, 5.74) is 2.32. The fraction of sp³-hybridized carbons (Fsp3) is 0.0500. The fourth-order valence-corrected chi connectivity index (χ4v) is 3.18. The number of halogens is 2. The number of nitrogens with one attached hydrogen (secondary N) is 3. The van der Waals surface area contributed by atoms with Crippen LogP contribution in [0.25, 0.3) is 0 Å². The predicted molar refractivity (Wildman–Crippen MR) is 118 cm³/mol. The van der Waals surface area contributed by atoms with Gasteiger partial charge < -0.3 is 15.1 Å². The Hall–Kier alpha value is -2.87. The van der Waals surface area contributed by atoms with E-state index in [9.17, 15) is 9.59 Å². The average molecular weight is 448 g/mol. The van der Waals surface area contributed by atoms with Gasteiger partial charge in [-0.15, -0.1) is 0 Å². The molecule has 2 amide bonds. The second-order valence-electron chi connectivity index (χ2n) is 5.99. The summed E-state index contributed by atoms with van der Waals surface area (Å²) < 4.78 is 5.07. The van der Waals surface area contributed by atoms with Gasteiger partial charge in [-0.3, -0.25) is 14.9 Å². The van der Waals surface area contributed by atoms with Crippen molar-refractivity contribution in [3.8, 4) is 0 Å². The molecule has 0 aliphatic heterocycles. The second kappa shape index (κ2) is 9.09. The number of rotatable bonds is 4. The van der Waals surface area contributed by atoms with Crippen LogP contribution in [0, 0.1) is 6.92 Å². The molecular weight excluding hydrogens is 433 g/mol. The van der Waals surface area contributed by atoms with Gasteiger partial charge in [0.2, 0.25) is 0 Å². The SMILES string of the molecule is Cc1cc(NC(=S)NC(=O)c2ccc(Cl)cc2Cl)ccc1NC(=O)c1ccco1. The summed E-state index contributed by atoms with van der Waals surface area (Å²) in [6, 6.07) is 13.0. The summed E-state index contributed by atoms with van der Waals surface area (Å²) in [6.45, 7) is 1.83. The molecule has 29 heavy (non-hydrogen) atoms. The molecule has 0 atom stereocenters. The lowest BCUT2D eigenvalue weighted by atomic mass is 10.1. The summed E-state index contributed by atoms with van der Waals surface area (Å²) >= 11 is 17.1.